The molecular formula is C19H21N3O2S. The maximum Gasteiger partial charge on any atom is 0.263 e. The first-order valence-electron chi connectivity index (χ1n) is 8.09. The van der Waals surface area contributed by atoms with Crippen LogP contribution in [-0.2, 0) is 11.3 Å². The van der Waals surface area contributed by atoms with E-state index in [4.69, 9.17) is 0 Å². The third-order valence-electron chi connectivity index (χ3n) is 3.75. The van der Waals surface area contributed by atoms with Gasteiger partial charge in [0.2, 0.25) is 5.91 Å². The van der Waals surface area contributed by atoms with E-state index in [1.54, 1.807) is 0 Å². The molecule has 6 heteroatoms. The zero-order valence-electron chi connectivity index (χ0n) is 14.8. The first-order valence-corrected chi connectivity index (χ1v) is 8.97. The number of nitrogens with zero attached hydrogens (tertiary/aromatic N) is 2. The lowest BCUT2D eigenvalue weighted by Crippen LogP contribution is -2.43. The van der Waals surface area contributed by atoms with E-state index in [1.807, 2.05) is 57.3 Å². The van der Waals surface area contributed by atoms with Crippen molar-refractivity contribution in [2.45, 2.75) is 39.8 Å². The van der Waals surface area contributed by atoms with Crippen LogP contribution >= 0.6 is 11.3 Å². The smallest absolute Gasteiger partial charge is 0.263 e. The van der Waals surface area contributed by atoms with Gasteiger partial charge < -0.3 is 5.32 Å². The van der Waals surface area contributed by atoms with Gasteiger partial charge in [-0.3, -0.25) is 14.2 Å². The number of aryl methyl sites for hydroxylation is 1. The number of carbonyl (C=O) groups excluding carboxylic acids is 1. The Morgan fingerprint density at radius 1 is 1.24 bits per heavy atom. The van der Waals surface area contributed by atoms with Gasteiger partial charge in [-0.1, -0.05) is 29.8 Å². The molecule has 0 unspecified atom stereocenters. The zero-order valence-corrected chi connectivity index (χ0v) is 15.6. The number of hydrogen-bond donors (Lipinski definition) is 1. The molecule has 5 nitrogen and oxygen atoms in total. The van der Waals surface area contributed by atoms with Crippen LogP contribution < -0.4 is 10.9 Å². The van der Waals surface area contributed by atoms with Gasteiger partial charge in [-0.25, -0.2) is 4.98 Å². The quantitative estimate of drug-likeness (QED) is 0.784. The molecule has 130 valence electrons. The summed E-state index contributed by atoms with van der Waals surface area (Å²) < 4.78 is 1.37. The van der Waals surface area contributed by atoms with Crippen molar-refractivity contribution in [3.05, 3.63) is 51.9 Å². The Morgan fingerprint density at radius 3 is 2.56 bits per heavy atom. The fourth-order valence-electron chi connectivity index (χ4n) is 2.64. The molecular weight excluding hydrogens is 334 g/mol. The topological polar surface area (TPSA) is 64.0 Å². The Bertz CT molecular complexity index is 979. The molecule has 0 spiro atoms. The first-order chi connectivity index (χ1) is 11.7. The van der Waals surface area contributed by atoms with Gasteiger partial charge in [0.05, 0.1) is 11.7 Å². The summed E-state index contributed by atoms with van der Waals surface area (Å²) in [6.07, 6.45) is 1.45. The normalized spacial score (nSPS) is 11.7. The molecule has 0 saturated heterocycles. The molecule has 0 fully saturated rings. The highest BCUT2D eigenvalue weighted by Gasteiger charge is 2.17. The molecule has 3 rings (SSSR count). The Labute approximate surface area is 150 Å². The Hall–Kier alpha value is -2.47. The van der Waals surface area contributed by atoms with Gasteiger partial charge in [0, 0.05) is 16.5 Å². The summed E-state index contributed by atoms with van der Waals surface area (Å²) in [6, 6.07) is 8.04. The highest BCUT2D eigenvalue weighted by molar-refractivity contribution is 7.17. The van der Waals surface area contributed by atoms with Crippen LogP contribution in [0.25, 0.3) is 21.3 Å². The third kappa shape index (κ3) is 3.79. The van der Waals surface area contributed by atoms with Gasteiger partial charge in [-0.05, 0) is 33.3 Å². The lowest BCUT2D eigenvalue weighted by Gasteiger charge is -2.20. The predicted molar refractivity (Wildman–Crippen MR) is 102 cm³/mol. The molecule has 1 aromatic carbocycles. The van der Waals surface area contributed by atoms with E-state index in [0.717, 1.165) is 16.7 Å². The maximum absolute atomic E-state index is 12.9. The minimum absolute atomic E-state index is 0.0395. The lowest BCUT2D eigenvalue weighted by atomic mass is 10.1. The minimum atomic E-state index is -0.340. The summed E-state index contributed by atoms with van der Waals surface area (Å²) in [5, 5.41) is 5.38. The average molecular weight is 355 g/mol. The molecule has 2 heterocycles. The molecule has 0 bridgehead atoms. The predicted octanol–water partition coefficient (Wildman–Crippen LogP) is 3.35. The van der Waals surface area contributed by atoms with Crippen LogP contribution in [0, 0.1) is 6.92 Å². The lowest BCUT2D eigenvalue weighted by molar-refractivity contribution is -0.123. The Balaban J connectivity index is 2.02. The van der Waals surface area contributed by atoms with Crippen molar-refractivity contribution in [2.24, 2.45) is 0 Å². The molecule has 3 aromatic rings. The monoisotopic (exact) mass is 355 g/mol. The molecule has 0 aliphatic rings. The first kappa shape index (κ1) is 17.4. The molecule has 0 aliphatic heterocycles. The summed E-state index contributed by atoms with van der Waals surface area (Å²) in [4.78, 5) is 30.1. The van der Waals surface area contributed by atoms with Crippen molar-refractivity contribution in [3.8, 4) is 11.1 Å². The number of benzene rings is 1. The van der Waals surface area contributed by atoms with Crippen molar-refractivity contribution in [1.29, 1.82) is 0 Å². The van der Waals surface area contributed by atoms with E-state index in [9.17, 15) is 9.59 Å². The van der Waals surface area contributed by atoms with Crippen LogP contribution in [0.3, 0.4) is 0 Å². The van der Waals surface area contributed by atoms with Gasteiger partial charge in [-0.15, -0.1) is 11.3 Å². The summed E-state index contributed by atoms with van der Waals surface area (Å²) in [5.41, 5.74) is 2.48. The van der Waals surface area contributed by atoms with E-state index >= 15 is 0 Å². The molecule has 0 saturated carbocycles. The second kappa shape index (κ2) is 6.44. The number of rotatable bonds is 3. The van der Waals surface area contributed by atoms with E-state index in [1.165, 1.54) is 22.2 Å². The van der Waals surface area contributed by atoms with E-state index < -0.39 is 0 Å². The molecule has 0 radical (unpaired) electrons. The molecule has 2 aromatic heterocycles. The highest BCUT2D eigenvalue weighted by Crippen LogP contribution is 2.30. The third-order valence-corrected chi connectivity index (χ3v) is 4.64. The number of aromatic nitrogens is 2. The number of thiophene rings is 1. The van der Waals surface area contributed by atoms with Crippen molar-refractivity contribution < 1.29 is 4.79 Å². The fourth-order valence-corrected chi connectivity index (χ4v) is 3.54. The Kier molecular flexibility index (Phi) is 4.47. The van der Waals surface area contributed by atoms with Crippen LogP contribution in [-0.4, -0.2) is 21.0 Å². The number of carbonyl (C=O) groups is 1. The van der Waals surface area contributed by atoms with Crippen molar-refractivity contribution >= 4 is 27.5 Å². The SMILES string of the molecule is Cc1ccc(-c2csc3ncn(CC(=O)NC(C)(C)C)c(=O)c23)cc1. The van der Waals surface area contributed by atoms with Gasteiger partial charge in [0.1, 0.15) is 11.4 Å². The fraction of sp³-hybridized carbons (Fsp3) is 0.316. The van der Waals surface area contributed by atoms with Crippen LogP contribution in [0.5, 0.6) is 0 Å². The van der Waals surface area contributed by atoms with E-state index in [-0.39, 0.29) is 23.6 Å². The van der Waals surface area contributed by atoms with Crippen LogP contribution in [0.4, 0.5) is 0 Å². The average Bonchev–Trinajstić information content (AvgIpc) is 2.94. The van der Waals surface area contributed by atoms with E-state index in [2.05, 4.69) is 10.3 Å². The standard InChI is InChI=1S/C19H21N3O2S/c1-12-5-7-13(8-6-12)14-10-25-17-16(14)18(24)22(11-20-17)9-15(23)21-19(2,3)4/h5-8,10-11H,9H2,1-4H3,(H,21,23). The molecule has 1 N–H and O–H groups in total. The van der Waals surface area contributed by atoms with Crippen molar-refractivity contribution in [2.75, 3.05) is 0 Å². The molecule has 25 heavy (non-hydrogen) atoms. The second-order valence-electron chi connectivity index (χ2n) is 7.17. The molecule has 0 atom stereocenters. The summed E-state index contributed by atoms with van der Waals surface area (Å²) in [7, 11) is 0. The van der Waals surface area contributed by atoms with Gasteiger partial charge in [0.25, 0.3) is 5.56 Å². The molecule has 0 aliphatic carbocycles. The summed E-state index contributed by atoms with van der Waals surface area (Å²) in [6.45, 7) is 7.70. The maximum atomic E-state index is 12.9. The molecule has 1 amide bonds. The second-order valence-corrected chi connectivity index (χ2v) is 8.03. The number of hydrogen-bond acceptors (Lipinski definition) is 4. The van der Waals surface area contributed by atoms with Gasteiger partial charge in [-0.2, -0.15) is 0 Å². The number of nitrogens with one attached hydrogen (secondary N) is 1. The number of fused-ring (bicyclic) bond motifs is 1. The van der Waals surface area contributed by atoms with Crippen LogP contribution in [0.2, 0.25) is 0 Å². The highest BCUT2D eigenvalue weighted by atomic mass is 32.1. The van der Waals surface area contributed by atoms with Crippen LogP contribution in [0.1, 0.15) is 26.3 Å². The zero-order chi connectivity index (χ0) is 18.2. The van der Waals surface area contributed by atoms with Gasteiger partial charge in [0.15, 0.2) is 0 Å². The van der Waals surface area contributed by atoms with Gasteiger partial charge >= 0.3 is 0 Å². The van der Waals surface area contributed by atoms with Crippen molar-refractivity contribution in [3.63, 3.8) is 0 Å². The van der Waals surface area contributed by atoms with Crippen molar-refractivity contribution in [1.82, 2.24) is 14.9 Å². The van der Waals surface area contributed by atoms with Crippen LogP contribution in [0.15, 0.2) is 40.8 Å². The summed E-state index contributed by atoms with van der Waals surface area (Å²) in [5.74, 6) is -0.206. The Morgan fingerprint density at radius 2 is 1.92 bits per heavy atom. The minimum Gasteiger partial charge on any atom is -0.350 e. The summed E-state index contributed by atoms with van der Waals surface area (Å²) >= 11 is 1.44. The largest absolute Gasteiger partial charge is 0.350 e. The van der Waals surface area contributed by atoms with E-state index in [0.29, 0.717) is 10.2 Å². The number of amides is 1.